The molecule has 23 heavy (non-hydrogen) atoms. The Bertz CT molecular complexity index is 807. The lowest BCUT2D eigenvalue weighted by Crippen LogP contribution is -2.01. The van der Waals surface area contributed by atoms with Crippen LogP contribution in [0.25, 0.3) is 11.1 Å². The van der Waals surface area contributed by atoms with Gasteiger partial charge in [-0.3, -0.25) is 0 Å². The Morgan fingerprint density at radius 2 is 1.52 bits per heavy atom. The number of benzene rings is 2. The summed E-state index contributed by atoms with van der Waals surface area (Å²) < 4.78 is 0. The van der Waals surface area contributed by atoms with Crippen molar-refractivity contribution in [2.45, 2.75) is 6.92 Å². The van der Waals surface area contributed by atoms with Crippen LogP contribution in [0.1, 0.15) is 5.69 Å². The van der Waals surface area contributed by atoms with Crippen LogP contribution in [-0.4, -0.2) is 9.97 Å². The molecule has 0 radical (unpaired) electrons. The maximum atomic E-state index is 6.05. The molecule has 0 saturated carbocycles. The smallest absolute Gasteiger partial charge is 0.222 e. The SMILES string of the molecule is Cc1cc(Nc2ccc(-c3cc(Cl)cc(Cl)c3)cc2)nc(N)n1. The van der Waals surface area contributed by atoms with Crippen LogP contribution in [0.4, 0.5) is 17.5 Å². The van der Waals surface area contributed by atoms with Crippen LogP contribution in [-0.2, 0) is 0 Å². The lowest BCUT2D eigenvalue weighted by Gasteiger charge is -2.09. The summed E-state index contributed by atoms with van der Waals surface area (Å²) in [6.45, 7) is 1.87. The van der Waals surface area contributed by atoms with Gasteiger partial charge in [0.1, 0.15) is 5.82 Å². The van der Waals surface area contributed by atoms with Crippen molar-refractivity contribution in [2.24, 2.45) is 0 Å². The van der Waals surface area contributed by atoms with Crippen LogP contribution in [0.15, 0.2) is 48.5 Å². The van der Waals surface area contributed by atoms with Crippen molar-refractivity contribution in [1.29, 1.82) is 0 Å². The highest BCUT2D eigenvalue weighted by Crippen LogP contribution is 2.28. The predicted octanol–water partition coefficient (Wildman–Crippen LogP) is 5.08. The van der Waals surface area contributed by atoms with Gasteiger partial charge in [-0.15, -0.1) is 0 Å². The lowest BCUT2D eigenvalue weighted by molar-refractivity contribution is 1.12. The van der Waals surface area contributed by atoms with Crippen molar-refractivity contribution < 1.29 is 0 Å². The van der Waals surface area contributed by atoms with E-state index in [1.807, 2.05) is 49.4 Å². The van der Waals surface area contributed by atoms with Gasteiger partial charge in [0.15, 0.2) is 0 Å². The molecule has 0 fully saturated rings. The van der Waals surface area contributed by atoms with Gasteiger partial charge >= 0.3 is 0 Å². The first kappa shape index (κ1) is 15.6. The monoisotopic (exact) mass is 344 g/mol. The average Bonchev–Trinajstić information content (AvgIpc) is 2.46. The van der Waals surface area contributed by atoms with E-state index >= 15 is 0 Å². The molecule has 1 aromatic heterocycles. The molecule has 0 aliphatic carbocycles. The molecule has 1 heterocycles. The Kier molecular flexibility index (Phi) is 4.37. The van der Waals surface area contributed by atoms with E-state index in [0.717, 1.165) is 22.5 Å². The number of nitrogens with one attached hydrogen (secondary N) is 1. The standard InChI is InChI=1S/C17H14Cl2N4/c1-10-6-16(23-17(20)21-10)22-15-4-2-11(3-5-15)12-7-13(18)9-14(19)8-12/h2-9H,1H3,(H3,20,21,22,23). The number of halogens is 2. The summed E-state index contributed by atoms with van der Waals surface area (Å²) in [6, 6.07) is 15.2. The average molecular weight is 345 g/mol. The van der Waals surface area contributed by atoms with Crippen LogP contribution in [0, 0.1) is 6.92 Å². The topological polar surface area (TPSA) is 63.8 Å². The number of aromatic nitrogens is 2. The van der Waals surface area contributed by atoms with Gasteiger partial charge < -0.3 is 11.1 Å². The fourth-order valence-electron chi connectivity index (χ4n) is 2.27. The van der Waals surface area contributed by atoms with Crippen LogP contribution in [0.5, 0.6) is 0 Å². The van der Waals surface area contributed by atoms with Crippen molar-refractivity contribution in [3.63, 3.8) is 0 Å². The molecular weight excluding hydrogens is 331 g/mol. The van der Waals surface area contributed by atoms with Crippen LogP contribution in [0.2, 0.25) is 10.0 Å². The largest absolute Gasteiger partial charge is 0.368 e. The van der Waals surface area contributed by atoms with Gasteiger partial charge in [0.25, 0.3) is 0 Å². The number of hydrogen-bond donors (Lipinski definition) is 2. The number of aryl methyl sites for hydroxylation is 1. The van der Waals surface area contributed by atoms with E-state index in [-0.39, 0.29) is 5.95 Å². The second-order valence-corrected chi connectivity index (χ2v) is 5.99. The molecule has 0 amide bonds. The molecule has 4 nitrogen and oxygen atoms in total. The summed E-state index contributed by atoms with van der Waals surface area (Å²) in [4.78, 5) is 8.20. The van der Waals surface area contributed by atoms with E-state index in [2.05, 4.69) is 15.3 Å². The first-order valence-corrected chi connectivity index (χ1v) is 7.70. The molecule has 0 saturated heterocycles. The number of rotatable bonds is 3. The maximum absolute atomic E-state index is 6.05. The Balaban J connectivity index is 1.84. The highest BCUT2D eigenvalue weighted by atomic mass is 35.5. The minimum Gasteiger partial charge on any atom is -0.368 e. The summed E-state index contributed by atoms with van der Waals surface area (Å²) in [5.41, 5.74) is 9.36. The van der Waals surface area contributed by atoms with Gasteiger partial charge in [-0.1, -0.05) is 35.3 Å². The zero-order chi connectivity index (χ0) is 16.4. The van der Waals surface area contributed by atoms with Gasteiger partial charge in [-0.2, -0.15) is 4.98 Å². The molecule has 6 heteroatoms. The van der Waals surface area contributed by atoms with Gasteiger partial charge in [0.2, 0.25) is 5.95 Å². The molecule has 2 aromatic carbocycles. The molecular formula is C17H14Cl2N4. The zero-order valence-electron chi connectivity index (χ0n) is 12.3. The minimum absolute atomic E-state index is 0.248. The van der Waals surface area contributed by atoms with Crippen molar-refractivity contribution in [3.05, 3.63) is 64.3 Å². The second kappa shape index (κ2) is 6.44. The Hall–Kier alpha value is -2.30. The van der Waals surface area contributed by atoms with Gasteiger partial charge in [0.05, 0.1) is 0 Å². The Morgan fingerprint density at radius 3 is 2.13 bits per heavy atom. The van der Waals surface area contributed by atoms with E-state index in [1.165, 1.54) is 0 Å². The van der Waals surface area contributed by atoms with Crippen molar-refractivity contribution in [3.8, 4) is 11.1 Å². The quantitative estimate of drug-likeness (QED) is 0.694. The van der Waals surface area contributed by atoms with Gasteiger partial charge in [-0.05, 0) is 48.4 Å². The molecule has 0 bridgehead atoms. The van der Waals surface area contributed by atoms with Gasteiger partial charge in [-0.25, -0.2) is 4.98 Å². The number of nitrogens with two attached hydrogens (primary N) is 1. The van der Waals surface area contributed by atoms with Crippen LogP contribution < -0.4 is 11.1 Å². The number of nitrogens with zero attached hydrogens (tertiary/aromatic N) is 2. The van der Waals surface area contributed by atoms with Crippen molar-refractivity contribution in [1.82, 2.24) is 9.97 Å². The lowest BCUT2D eigenvalue weighted by atomic mass is 10.1. The normalized spacial score (nSPS) is 10.6. The molecule has 0 unspecified atom stereocenters. The highest BCUT2D eigenvalue weighted by molar-refractivity contribution is 6.35. The molecule has 0 spiro atoms. The first-order chi connectivity index (χ1) is 11.0. The number of anilines is 3. The first-order valence-electron chi connectivity index (χ1n) is 6.94. The van der Waals surface area contributed by atoms with E-state index < -0.39 is 0 Å². The summed E-state index contributed by atoms with van der Waals surface area (Å²) in [6.07, 6.45) is 0. The third-order valence-corrected chi connectivity index (χ3v) is 3.66. The van der Waals surface area contributed by atoms with Gasteiger partial charge in [0, 0.05) is 27.5 Å². The fraction of sp³-hybridized carbons (Fsp3) is 0.0588. The Morgan fingerprint density at radius 1 is 0.870 bits per heavy atom. The summed E-state index contributed by atoms with van der Waals surface area (Å²) in [5, 5.41) is 4.43. The third-order valence-electron chi connectivity index (χ3n) is 3.22. The third kappa shape index (κ3) is 3.92. The molecule has 0 aliphatic heterocycles. The predicted molar refractivity (Wildman–Crippen MR) is 96.4 cm³/mol. The fourth-order valence-corrected chi connectivity index (χ4v) is 2.80. The summed E-state index contributed by atoms with van der Waals surface area (Å²) >= 11 is 12.1. The molecule has 3 N–H and O–H groups in total. The molecule has 116 valence electrons. The molecule has 0 atom stereocenters. The molecule has 3 aromatic rings. The number of nitrogen functional groups attached to an aromatic ring is 1. The van der Waals surface area contributed by atoms with Crippen molar-refractivity contribution >= 4 is 40.7 Å². The zero-order valence-corrected chi connectivity index (χ0v) is 13.9. The summed E-state index contributed by atoms with van der Waals surface area (Å²) in [7, 11) is 0. The Labute approximate surface area is 144 Å². The summed E-state index contributed by atoms with van der Waals surface area (Å²) in [5.74, 6) is 0.909. The second-order valence-electron chi connectivity index (χ2n) is 5.11. The van der Waals surface area contributed by atoms with E-state index in [1.54, 1.807) is 6.07 Å². The van der Waals surface area contributed by atoms with E-state index in [9.17, 15) is 0 Å². The highest BCUT2D eigenvalue weighted by Gasteiger charge is 2.03. The van der Waals surface area contributed by atoms with E-state index in [4.69, 9.17) is 28.9 Å². The number of hydrogen-bond acceptors (Lipinski definition) is 4. The minimum atomic E-state index is 0.248. The molecule has 0 aliphatic rings. The van der Waals surface area contributed by atoms with Crippen LogP contribution >= 0.6 is 23.2 Å². The van der Waals surface area contributed by atoms with Crippen molar-refractivity contribution in [2.75, 3.05) is 11.1 Å². The maximum Gasteiger partial charge on any atom is 0.222 e. The van der Waals surface area contributed by atoms with Crippen LogP contribution in [0.3, 0.4) is 0 Å². The van der Waals surface area contributed by atoms with E-state index in [0.29, 0.717) is 15.9 Å². The molecule has 3 rings (SSSR count).